The zero-order valence-electron chi connectivity index (χ0n) is 10.2. The van der Waals surface area contributed by atoms with E-state index in [1.54, 1.807) is 0 Å². The van der Waals surface area contributed by atoms with Gasteiger partial charge in [0, 0.05) is 12.0 Å². The fourth-order valence-electron chi connectivity index (χ4n) is 1.85. The molecule has 0 aliphatic carbocycles. The Morgan fingerprint density at radius 2 is 2.18 bits per heavy atom. The van der Waals surface area contributed by atoms with Crippen LogP contribution in [0, 0.1) is 5.92 Å². The fourth-order valence-corrected chi connectivity index (χ4v) is 1.85. The van der Waals surface area contributed by atoms with E-state index in [1.165, 1.54) is 6.92 Å². The summed E-state index contributed by atoms with van der Waals surface area (Å²) in [6.07, 6.45) is 1.48. The average molecular weight is 244 g/mol. The first kappa shape index (κ1) is 13.9. The van der Waals surface area contributed by atoms with Crippen LogP contribution in [-0.4, -0.2) is 46.8 Å². The lowest BCUT2D eigenvalue weighted by Gasteiger charge is -2.28. The van der Waals surface area contributed by atoms with Gasteiger partial charge in [0.25, 0.3) is 0 Å². The third-order valence-corrected chi connectivity index (χ3v) is 3.06. The van der Waals surface area contributed by atoms with Gasteiger partial charge in [-0.2, -0.15) is 0 Å². The average Bonchev–Trinajstić information content (AvgIpc) is 2.25. The lowest BCUT2D eigenvalue weighted by molar-refractivity contribution is -0.156. The molecule has 0 aromatic carbocycles. The maximum atomic E-state index is 11.8. The molecule has 3 unspecified atom stereocenters. The first-order chi connectivity index (χ1) is 7.83. The summed E-state index contributed by atoms with van der Waals surface area (Å²) in [4.78, 5) is 22.4. The van der Waals surface area contributed by atoms with Crippen LogP contribution in [0.25, 0.3) is 0 Å². The highest BCUT2D eigenvalue weighted by Crippen LogP contribution is 2.16. The summed E-state index contributed by atoms with van der Waals surface area (Å²) in [5.74, 6) is -1.62. The van der Waals surface area contributed by atoms with Crippen LogP contribution in [0.5, 0.6) is 0 Å². The Bertz CT molecular complexity index is 304. The van der Waals surface area contributed by atoms with Gasteiger partial charge in [-0.1, -0.05) is 0 Å². The number of piperidine rings is 1. The van der Waals surface area contributed by atoms with E-state index in [1.807, 2.05) is 6.92 Å². The van der Waals surface area contributed by atoms with Gasteiger partial charge < -0.3 is 20.8 Å². The van der Waals surface area contributed by atoms with Crippen LogP contribution in [0.3, 0.4) is 0 Å². The highest BCUT2D eigenvalue weighted by atomic mass is 16.4. The molecule has 17 heavy (non-hydrogen) atoms. The Labute approximate surface area is 100 Å². The van der Waals surface area contributed by atoms with E-state index in [0.29, 0.717) is 6.04 Å². The Morgan fingerprint density at radius 3 is 2.71 bits per heavy atom. The van der Waals surface area contributed by atoms with Crippen molar-refractivity contribution in [2.75, 3.05) is 13.1 Å². The molecule has 0 bridgehead atoms. The van der Waals surface area contributed by atoms with Gasteiger partial charge in [0.15, 0.2) is 5.60 Å². The molecular weight excluding hydrogens is 224 g/mol. The number of amides is 1. The van der Waals surface area contributed by atoms with E-state index < -0.39 is 11.6 Å². The van der Waals surface area contributed by atoms with Crippen molar-refractivity contribution in [3.8, 4) is 0 Å². The minimum Gasteiger partial charge on any atom is -0.479 e. The van der Waals surface area contributed by atoms with Crippen molar-refractivity contribution in [3.63, 3.8) is 0 Å². The van der Waals surface area contributed by atoms with Gasteiger partial charge in [0.2, 0.25) is 5.91 Å². The summed E-state index contributed by atoms with van der Waals surface area (Å²) in [5, 5.41) is 23.9. The SMILES string of the molecule is CC1CC(C(=O)NCC(C)(O)C(=O)O)CCN1. The predicted octanol–water partition coefficient (Wildman–Crippen LogP) is -0.674. The topological polar surface area (TPSA) is 98.7 Å². The summed E-state index contributed by atoms with van der Waals surface area (Å²) in [7, 11) is 0. The first-order valence-electron chi connectivity index (χ1n) is 5.80. The van der Waals surface area contributed by atoms with Crippen molar-refractivity contribution in [2.24, 2.45) is 5.92 Å². The lowest BCUT2D eigenvalue weighted by atomic mass is 9.92. The molecule has 3 atom stereocenters. The molecule has 4 N–H and O–H groups in total. The molecule has 98 valence electrons. The van der Waals surface area contributed by atoms with E-state index in [2.05, 4.69) is 10.6 Å². The minimum atomic E-state index is -1.91. The van der Waals surface area contributed by atoms with Gasteiger partial charge in [0.1, 0.15) is 0 Å². The molecule has 1 saturated heterocycles. The van der Waals surface area contributed by atoms with Crippen molar-refractivity contribution in [2.45, 2.75) is 38.3 Å². The van der Waals surface area contributed by atoms with Gasteiger partial charge >= 0.3 is 5.97 Å². The van der Waals surface area contributed by atoms with E-state index in [0.717, 1.165) is 19.4 Å². The molecule has 1 rings (SSSR count). The normalized spacial score (nSPS) is 28.2. The van der Waals surface area contributed by atoms with E-state index in [-0.39, 0.29) is 18.4 Å². The molecule has 6 heteroatoms. The second kappa shape index (κ2) is 5.46. The van der Waals surface area contributed by atoms with Gasteiger partial charge in [0.05, 0.1) is 6.54 Å². The van der Waals surface area contributed by atoms with Crippen LogP contribution in [0.15, 0.2) is 0 Å². The molecule has 1 amide bonds. The highest BCUT2D eigenvalue weighted by Gasteiger charge is 2.32. The largest absolute Gasteiger partial charge is 0.479 e. The minimum absolute atomic E-state index is 0.101. The van der Waals surface area contributed by atoms with Crippen molar-refractivity contribution < 1.29 is 19.8 Å². The number of carboxylic acids is 1. The number of hydrogen-bond donors (Lipinski definition) is 4. The quantitative estimate of drug-likeness (QED) is 0.525. The summed E-state index contributed by atoms with van der Waals surface area (Å²) < 4.78 is 0. The van der Waals surface area contributed by atoms with Crippen molar-refractivity contribution in [1.82, 2.24) is 10.6 Å². The maximum Gasteiger partial charge on any atom is 0.337 e. The summed E-state index contributed by atoms with van der Waals surface area (Å²) in [5.41, 5.74) is -1.91. The van der Waals surface area contributed by atoms with Crippen LogP contribution in [0.1, 0.15) is 26.7 Å². The summed E-state index contributed by atoms with van der Waals surface area (Å²) >= 11 is 0. The molecule has 0 aromatic heterocycles. The Balaban J connectivity index is 2.41. The van der Waals surface area contributed by atoms with Crippen molar-refractivity contribution >= 4 is 11.9 Å². The molecule has 0 aromatic rings. The van der Waals surface area contributed by atoms with E-state index in [4.69, 9.17) is 5.11 Å². The zero-order valence-corrected chi connectivity index (χ0v) is 10.2. The molecule has 1 aliphatic rings. The van der Waals surface area contributed by atoms with Crippen molar-refractivity contribution in [1.29, 1.82) is 0 Å². The van der Waals surface area contributed by atoms with E-state index >= 15 is 0 Å². The molecule has 0 radical (unpaired) electrons. The smallest absolute Gasteiger partial charge is 0.337 e. The first-order valence-corrected chi connectivity index (χ1v) is 5.80. The number of carbonyl (C=O) groups is 2. The Hall–Kier alpha value is -1.14. The number of hydrogen-bond acceptors (Lipinski definition) is 4. The monoisotopic (exact) mass is 244 g/mol. The third kappa shape index (κ3) is 3.98. The molecule has 1 fully saturated rings. The zero-order chi connectivity index (χ0) is 13.1. The van der Waals surface area contributed by atoms with Crippen LogP contribution in [-0.2, 0) is 9.59 Å². The number of carbonyl (C=O) groups excluding carboxylic acids is 1. The summed E-state index contributed by atoms with van der Waals surface area (Å²) in [6.45, 7) is 3.70. The number of nitrogens with one attached hydrogen (secondary N) is 2. The second-order valence-electron chi connectivity index (χ2n) is 4.87. The molecular formula is C11H20N2O4. The molecule has 0 spiro atoms. The van der Waals surface area contributed by atoms with Crippen LogP contribution >= 0.6 is 0 Å². The van der Waals surface area contributed by atoms with Crippen LogP contribution in [0.4, 0.5) is 0 Å². The van der Waals surface area contributed by atoms with Gasteiger partial charge in [-0.25, -0.2) is 4.79 Å². The predicted molar refractivity (Wildman–Crippen MR) is 61.5 cm³/mol. The fraction of sp³-hybridized carbons (Fsp3) is 0.818. The molecule has 0 saturated carbocycles. The van der Waals surface area contributed by atoms with Crippen LogP contribution in [0.2, 0.25) is 0 Å². The Kier molecular flexibility index (Phi) is 4.47. The Morgan fingerprint density at radius 1 is 1.53 bits per heavy atom. The lowest BCUT2D eigenvalue weighted by Crippen LogP contribution is -2.49. The second-order valence-corrected chi connectivity index (χ2v) is 4.87. The number of carboxylic acid groups (broad SMARTS) is 1. The molecule has 6 nitrogen and oxygen atoms in total. The van der Waals surface area contributed by atoms with Crippen molar-refractivity contribution in [3.05, 3.63) is 0 Å². The van der Waals surface area contributed by atoms with Gasteiger partial charge in [-0.3, -0.25) is 4.79 Å². The number of rotatable bonds is 4. The number of aliphatic carboxylic acids is 1. The van der Waals surface area contributed by atoms with Gasteiger partial charge in [-0.05, 0) is 33.2 Å². The maximum absolute atomic E-state index is 11.8. The third-order valence-electron chi connectivity index (χ3n) is 3.06. The highest BCUT2D eigenvalue weighted by molar-refractivity contribution is 5.81. The molecule has 1 heterocycles. The van der Waals surface area contributed by atoms with E-state index in [9.17, 15) is 14.7 Å². The summed E-state index contributed by atoms with van der Waals surface area (Å²) in [6, 6.07) is 0.291. The van der Waals surface area contributed by atoms with Gasteiger partial charge in [-0.15, -0.1) is 0 Å². The van der Waals surface area contributed by atoms with Crippen LogP contribution < -0.4 is 10.6 Å². The molecule has 1 aliphatic heterocycles. The number of aliphatic hydroxyl groups is 1. The standard InChI is InChI=1S/C11H20N2O4/c1-7-5-8(3-4-12-7)9(14)13-6-11(2,17)10(15)16/h7-8,12,17H,3-6H2,1-2H3,(H,13,14)(H,15,16).